The summed E-state index contributed by atoms with van der Waals surface area (Å²) in [7, 11) is 0. The van der Waals surface area contributed by atoms with Gasteiger partial charge in [-0.25, -0.2) is 0 Å². The minimum absolute atomic E-state index is 0.0429. The molecule has 5 heteroatoms. The number of carbonyl (C=O) groups excluding carboxylic acids is 2. The predicted octanol–water partition coefficient (Wildman–Crippen LogP) is 1.35. The first-order valence-corrected chi connectivity index (χ1v) is 8.34. The van der Waals surface area contributed by atoms with Gasteiger partial charge >= 0.3 is 0 Å². The second-order valence-corrected chi connectivity index (χ2v) is 6.58. The van der Waals surface area contributed by atoms with Crippen LogP contribution >= 0.6 is 0 Å². The first kappa shape index (κ1) is 16.3. The molecule has 2 atom stereocenters. The Labute approximate surface area is 126 Å². The van der Waals surface area contributed by atoms with Gasteiger partial charge in [-0.3, -0.25) is 9.59 Å². The van der Waals surface area contributed by atoms with Crippen LogP contribution in [-0.4, -0.2) is 35.6 Å². The van der Waals surface area contributed by atoms with Crippen molar-refractivity contribution < 1.29 is 14.7 Å². The lowest BCUT2D eigenvalue weighted by Gasteiger charge is -2.23. The van der Waals surface area contributed by atoms with E-state index in [0.717, 1.165) is 19.3 Å². The molecule has 3 N–H and O–H groups in total. The monoisotopic (exact) mass is 296 g/mol. The van der Waals surface area contributed by atoms with Gasteiger partial charge in [-0.15, -0.1) is 0 Å². The van der Waals surface area contributed by atoms with E-state index in [1.807, 2.05) is 0 Å². The fourth-order valence-corrected chi connectivity index (χ4v) is 3.01. The molecule has 2 aliphatic carbocycles. The molecule has 0 heterocycles. The molecule has 2 saturated carbocycles. The van der Waals surface area contributed by atoms with Crippen LogP contribution in [0.2, 0.25) is 0 Å². The van der Waals surface area contributed by atoms with Crippen LogP contribution in [0.15, 0.2) is 0 Å². The molecule has 5 nitrogen and oxygen atoms in total. The minimum Gasteiger partial charge on any atom is -0.391 e. The molecule has 2 aliphatic rings. The quantitative estimate of drug-likeness (QED) is 0.663. The number of nitrogens with one attached hydrogen (secondary N) is 2. The minimum atomic E-state index is -0.873. The number of carbonyl (C=O) groups is 2. The van der Waals surface area contributed by atoms with Crippen molar-refractivity contribution in [1.82, 2.24) is 10.6 Å². The highest BCUT2D eigenvalue weighted by atomic mass is 16.3. The van der Waals surface area contributed by atoms with Gasteiger partial charge in [-0.1, -0.05) is 32.1 Å². The van der Waals surface area contributed by atoms with Crippen LogP contribution in [0.4, 0.5) is 0 Å². The van der Waals surface area contributed by atoms with Crippen LogP contribution in [0, 0.1) is 11.8 Å². The fourth-order valence-electron chi connectivity index (χ4n) is 3.01. The van der Waals surface area contributed by atoms with Crippen LogP contribution in [0.1, 0.15) is 58.3 Å². The smallest absolute Gasteiger partial charge is 0.245 e. The summed E-state index contributed by atoms with van der Waals surface area (Å²) in [6.07, 6.45) is 8.35. The summed E-state index contributed by atoms with van der Waals surface area (Å²) in [6.45, 7) is 2.17. The van der Waals surface area contributed by atoms with E-state index in [0.29, 0.717) is 12.5 Å². The van der Waals surface area contributed by atoms with Crippen LogP contribution < -0.4 is 10.6 Å². The van der Waals surface area contributed by atoms with Gasteiger partial charge in [0.25, 0.3) is 0 Å². The van der Waals surface area contributed by atoms with Gasteiger partial charge in [0.2, 0.25) is 11.8 Å². The Kier molecular flexibility index (Phi) is 6.03. The standard InChI is InChI=1S/C16H28N2O3/c1-11(19)14(18-15(20)13-7-8-13)16(21)17-10-9-12-5-3-2-4-6-12/h11-14,19H,2-10H2,1H3,(H,17,21)(H,18,20). The first-order valence-electron chi connectivity index (χ1n) is 8.34. The van der Waals surface area contributed by atoms with Crippen molar-refractivity contribution in [2.75, 3.05) is 6.54 Å². The first-order chi connectivity index (χ1) is 10.1. The lowest BCUT2D eigenvalue weighted by molar-refractivity contribution is -0.132. The fraction of sp³-hybridized carbons (Fsp3) is 0.875. The summed E-state index contributed by atoms with van der Waals surface area (Å²) >= 11 is 0. The van der Waals surface area contributed by atoms with Crippen molar-refractivity contribution in [2.45, 2.75) is 70.4 Å². The molecule has 21 heavy (non-hydrogen) atoms. The molecule has 120 valence electrons. The maximum absolute atomic E-state index is 12.1. The van der Waals surface area contributed by atoms with E-state index in [1.165, 1.54) is 32.1 Å². The molecule has 2 unspecified atom stereocenters. The number of rotatable bonds is 7. The van der Waals surface area contributed by atoms with Crippen molar-refractivity contribution in [1.29, 1.82) is 0 Å². The largest absolute Gasteiger partial charge is 0.391 e. The zero-order valence-corrected chi connectivity index (χ0v) is 12.9. The Bertz CT molecular complexity index is 361. The molecule has 2 rings (SSSR count). The number of aliphatic hydroxyl groups excluding tert-OH is 1. The Hall–Kier alpha value is -1.10. The van der Waals surface area contributed by atoms with Gasteiger partial charge < -0.3 is 15.7 Å². The number of amides is 2. The molecule has 0 aromatic rings. The Morgan fingerprint density at radius 1 is 1.14 bits per heavy atom. The van der Waals surface area contributed by atoms with Gasteiger partial charge in [0.15, 0.2) is 0 Å². The van der Waals surface area contributed by atoms with Crippen molar-refractivity contribution in [3.63, 3.8) is 0 Å². The summed E-state index contributed by atoms with van der Waals surface area (Å²) in [5, 5.41) is 15.2. The zero-order valence-electron chi connectivity index (χ0n) is 12.9. The third-order valence-electron chi connectivity index (χ3n) is 4.59. The van der Waals surface area contributed by atoms with Gasteiger partial charge in [0.1, 0.15) is 6.04 Å². The molecular formula is C16H28N2O3. The van der Waals surface area contributed by atoms with Crippen LogP contribution in [-0.2, 0) is 9.59 Å². The summed E-state index contributed by atoms with van der Waals surface area (Å²) in [5.41, 5.74) is 0. The third-order valence-corrected chi connectivity index (χ3v) is 4.59. The third kappa shape index (κ3) is 5.30. The van der Waals surface area contributed by atoms with Gasteiger partial charge in [0, 0.05) is 12.5 Å². The maximum Gasteiger partial charge on any atom is 0.245 e. The van der Waals surface area contributed by atoms with Crippen molar-refractivity contribution >= 4 is 11.8 Å². The van der Waals surface area contributed by atoms with E-state index in [1.54, 1.807) is 6.92 Å². The average Bonchev–Trinajstić information content (AvgIpc) is 3.29. The zero-order chi connectivity index (χ0) is 15.2. The SMILES string of the molecule is CC(O)C(NC(=O)C1CC1)C(=O)NCCC1CCCCC1. The van der Waals surface area contributed by atoms with Gasteiger partial charge in [0.05, 0.1) is 6.10 Å². The second kappa shape index (κ2) is 7.78. The predicted molar refractivity (Wildman–Crippen MR) is 80.5 cm³/mol. The van der Waals surface area contributed by atoms with E-state index in [4.69, 9.17) is 0 Å². The van der Waals surface area contributed by atoms with Crippen LogP contribution in [0.5, 0.6) is 0 Å². The molecule has 2 fully saturated rings. The van der Waals surface area contributed by atoms with Crippen molar-refractivity contribution in [3.05, 3.63) is 0 Å². The van der Waals surface area contributed by atoms with E-state index >= 15 is 0 Å². The average molecular weight is 296 g/mol. The number of hydrogen-bond donors (Lipinski definition) is 3. The number of aliphatic hydroxyl groups is 1. The van der Waals surface area contributed by atoms with Crippen LogP contribution in [0.25, 0.3) is 0 Å². The Morgan fingerprint density at radius 3 is 2.38 bits per heavy atom. The lowest BCUT2D eigenvalue weighted by Crippen LogP contribution is -2.53. The van der Waals surface area contributed by atoms with Gasteiger partial charge in [-0.2, -0.15) is 0 Å². The Morgan fingerprint density at radius 2 is 1.81 bits per heavy atom. The van der Waals surface area contributed by atoms with Gasteiger partial charge in [-0.05, 0) is 32.1 Å². The highest BCUT2D eigenvalue weighted by Gasteiger charge is 2.34. The highest BCUT2D eigenvalue weighted by molar-refractivity contribution is 5.89. The Balaban J connectivity index is 1.71. The lowest BCUT2D eigenvalue weighted by atomic mass is 9.87. The summed E-state index contributed by atoms with van der Waals surface area (Å²) < 4.78 is 0. The molecule has 0 radical (unpaired) electrons. The van der Waals surface area contributed by atoms with E-state index < -0.39 is 12.1 Å². The molecule has 0 spiro atoms. The summed E-state index contributed by atoms with van der Waals surface area (Å²) in [6, 6.07) is -0.829. The maximum atomic E-state index is 12.1. The van der Waals surface area contributed by atoms with E-state index in [2.05, 4.69) is 10.6 Å². The molecule has 0 aromatic heterocycles. The topological polar surface area (TPSA) is 78.4 Å². The molecule has 0 aromatic carbocycles. The van der Waals surface area contributed by atoms with Crippen molar-refractivity contribution in [2.24, 2.45) is 11.8 Å². The normalized spacial score (nSPS) is 22.4. The van der Waals surface area contributed by atoms with E-state index in [-0.39, 0.29) is 17.7 Å². The highest BCUT2D eigenvalue weighted by Crippen LogP contribution is 2.29. The number of hydrogen-bond acceptors (Lipinski definition) is 3. The molecule has 0 saturated heterocycles. The molecule has 2 amide bonds. The molecule has 0 aliphatic heterocycles. The summed E-state index contributed by atoms with van der Waals surface area (Å²) in [5.74, 6) is 0.379. The summed E-state index contributed by atoms with van der Waals surface area (Å²) in [4.78, 5) is 23.9. The van der Waals surface area contributed by atoms with E-state index in [9.17, 15) is 14.7 Å². The van der Waals surface area contributed by atoms with Crippen LogP contribution in [0.3, 0.4) is 0 Å². The molecular weight excluding hydrogens is 268 g/mol. The van der Waals surface area contributed by atoms with Crippen molar-refractivity contribution in [3.8, 4) is 0 Å². The second-order valence-electron chi connectivity index (χ2n) is 6.58. The molecule has 0 bridgehead atoms.